The first kappa shape index (κ1) is 23.1. The molecule has 0 heterocycles. The van der Waals surface area contributed by atoms with E-state index < -0.39 is 12.0 Å². The predicted molar refractivity (Wildman–Crippen MR) is 112 cm³/mol. The van der Waals surface area contributed by atoms with Gasteiger partial charge in [0.2, 0.25) is 0 Å². The van der Waals surface area contributed by atoms with Crippen molar-refractivity contribution in [1.82, 2.24) is 0 Å². The number of ether oxygens (including phenoxy) is 3. The van der Waals surface area contributed by atoms with Gasteiger partial charge in [-0.25, -0.2) is 4.79 Å². The number of anilines is 1. The van der Waals surface area contributed by atoms with Crippen molar-refractivity contribution in [3.05, 3.63) is 53.6 Å². The number of nitrogens with two attached hydrogens (primary N) is 1. The highest BCUT2D eigenvalue weighted by Gasteiger charge is 2.23. The first-order chi connectivity index (χ1) is 13.0. The molecule has 0 bridgehead atoms. The summed E-state index contributed by atoms with van der Waals surface area (Å²) in [6.45, 7) is 4.77. The third-order valence-corrected chi connectivity index (χ3v) is 3.84. The molecule has 152 valence electrons. The molecule has 0 spiro atoms. The van der Waals surface area contributed by atoms with Gasteiger partial charge in [0, 0.05) is 11.3 Å². The smallest absolute Gasteiger partial charge is 0.332 e. The number of methoxy groups -OCH3 is 1. The normalized spacial score (nSPS) is 11.0. The molecule has 2 aromatic rings. The Bertz CT molecular complexity index is 797. The van der Waals surface area contributed by atoms with E-state index in [1.807, 2.05) is 13.8 Å². The third kappa shape index (κ3) is 5.79. The van der Waals surface area contributed by atoms with Crippen molar-refractivity contribution in [2.75, 3.05) is 25.6 Å². The van der Waals surface area contributed by atoms with Gasteiger partial charge in [0.15, 0.2) is 17.5 Å². The van der Waals surface area contributed by atoms with Gasteiger partial charge in [-0.1, -0.05) is 6.07 Å². The summed E-state index contributed by atoms with van der Waals surface area (Å²) >= 11 is 0. The van der Waals surface area contributed by atoms with E-state index in [0.717, 1.165) is 0 Å². The number of esters is 1. The van der Waals surface area contributed by atoms with Crippen LogP contribution in [0, 0.1) is 5.41 Å². The summed E-state index contributed by atoms with van der Waals surface area (Å²) < 4.78 is 16.2. The molecular formula is C20H26ClN3O4. The second kappa shape index (κ2) is 11.0. The molecule has 0 amide bonds. The minimum Gasteiger partial charge on any atom is -0.490 e. The molecule has 28 heavy (non-hydrogen) atoms. The zero-order chi connectivity index (χ0) is 19.8. The van der Waals surface area contributed by atoms with Gasteiger partial charge in [-0.05, 0) is 55.8 Å². The van der Waals surface area contributed by atoms with E-state index in [0.29, 0.717) is 41.5 Å². The summed E-state index contributed by atoms with van der Waals surface area (Å²) in [7, 11) is 1.34. The minimum absolute atomic E-state index is 0. The van der Waals surface area contributed by atoms with Crippen LogP contribution in [0.3, 0.4) is 0 Å². The van der Waals surface area contributed by atoms with Crippen LogP contribution in [0.25, 0.3) is 0 Å². The summed E-state index contributed by atoms with van der Waals surface area (Å²) in [4.78, 5) is 12.4. The monoisotopic (exact) mass is 407 g/mol. The lowest BCUT2D eigenvalue weighted by molar-refractivity contribution is -0.141. The molecule has 1 unspecified atom stereocenters. The quantitative estimate of drug-likeness (QED) is 0.333. The van der Waals surface area contributed by atoms with E-state index >= 15 is 0 Å². The molecule has 2 aromatic carbocycles. The number of hydrogen-bond donors (Lipinski definition) is 3. The van der Waals surface area contributed by atoms with Crippen molar-refractivity contribution in [3.8, 4) is 11.5 Å². The van der Waals surface area contributed by atoms with Crippen LogP contribution < -0.4 is 20.5 Å². The van der Waals surface area contributed by atoms with Crippen LogP contribution in [0.1, 0.15) is 31.0 Å². The Morgan fingerprint density at radius 2 is 1.68 bits per heavy atom. The van der Waals surface area contributed by atoms with Crippen LogP contribution >= 0.6 is 12.4 Å². The maximum atomic E-state index is 12.4. The highest BCUT2D eigenvalue weighted by atomic mass is 35.5. The average molecular weight is 408 g/mol. The number of benzene rings is 2. The topological polar surface area (TPSA) is 107 Å². The lowest BCUT2D eigenvalue weighted by Crippen LogP contribution is -2.22. The van der Waals surface area contributed by atoms with E-state index in [1.165, 1.54) is 7.11 Å². The van der Waals surface area contributed by atoms with E-state index in [9.17, 15) is 4.79 Å². The first-order valence-corrected chi connectivity index (χ1v) is 8.68. The summed E-state index contributed by atoms with van der Waals surface area (Å²) in [5.74, 6) is 0.744. The molecule has 0 saturated heterocycles. The lowest BCUT2D eigenvalue weighted by atomic mass is 10.1. The lowest BCUT2D eigenvalue weighted by Gasteiger charge is -2.20. The van der Waals surface area contributed by atoms with Crippen molar-refractivity contribution >= 4 is 29.9 Å². The molecule has 1 atom stereocenters. The van der Waals surface area contributed by atoms with E-state index in [-0.39, 0.29) is 18.2 Å². The maximum Gasteiger partial charge on any atom is 0.332 e. The molecular weight excluding hydrogens is 382 g/mol. The Kier molecular flexibility index (Phi) is 9.11. The number of nitrogen functional groups attached to an aromatic ring is 1. The summed E-state index contributed by atoms with van der Waals surface area (Å²) in [5.41, 5.74) is 7.46. The van der Waals surface area contributed by atoms with Gasteiger partial charge in [-0.15, -0.1) is 12.4 Å². The number of nitrogens with one attached hydrogen (secondary N) is 2. The highest BCUT2D eigenvalue weighted by molar-refractivity contribution is 5.95. The highest BCUT2D eigenvalue weighted by Crippen LogP contribution is 2.32. The molecule has 8 heteroatoms. The third-order valence-electron chi connectivity index (χ3n) is 3.84. The van der Waals surface area contributed by atoms with Gasteiger partial charge >= 0.3 is 5.97 Å². The van der Waals surface area contributed by atoms with Crippen molar-refractivity contribution in [1.29, 1.82) is 5.41 Å². The number of carbonyl (C=O) groups is 1. The van der Waals surface area contributed by atoms with Gasteiger partial charge in [-0.3, -0.25) is 5.41 Å². The van der Waals surface area contributed by atoms with Crippen LogP contribution in [0.15, 0.2) is 42.5 Å². The maximum absolute atomic E-state index is 12.4. The standard InChI is InChI=1S/C20H25N3O4.ClH/c1-4-26-16-11-8-14(12-17(16)27-5-2)18(20(24)25-3)23-15-9-6-13(7-10-15)19(21)22;/h6-12,18,23H,4-5H2,1-3H3,(H3,21,22);1H. The van der Waals surface area contributed by atoms with Gasteiger partial charge in [0.05, 0.1) is 20.3 Å². The largest absolute Gasteiger partial charge is 0.490 e. The van der Waals surface area contributed by atoms with Crippen LogP contribution in [0.5, 0.6) is 11.5 Å². The minimum atomic E-state index is -0.729. The molecule has 0 fully saturated rings. The van der Waals surface area contributed by atoms with Crippen molar-refractivity contribution in [2.24, 2.45) is 5.73 Å². The number of rotatable bonds is 9. The summed E-state index contributed by atoms with van der Waals surface area (Å²) in [6, 6.07) is 11.5. The SMILES string of the molecule is CCOc1ccc(C(Nc2ccc(C(=N)N)cc2)C(=O)OC)cc1OCC.Cl. The van der Waals surface area contributed by atoms with Crippen molar-refractivity contribution < 1.29 is 19.0 Å². The van der Waals surface area contributed by atoms with Crippen molar-refractivity contribution in [2.45, 2.75) is 19.9 Å². The first-order valence-electron chi connectivity index (χ1n) is 8.68. The number of halogens is 1. The summed E-state index contributed by atoms with van der Waals surface area (Å²) in [6.07, 6.45) is 0. The van der Waals surface area contributed by atoms with Gasteiger partial charge < -0.3 is 25.3 Å². The van der Waals surface area contributed by atoms with E-state index in [4.69, 9.17) is 25.4 Å². The molecule has 4 N–H and O–H groups in total. The Morgan fingerprint density at radius 3 is 2.21 bits per heavy atom. The van der Waals surface area contributed by atoms with Crippen LogP contribution in [0.2, 0.25) is 0 Å². The predicted octanol–water partition coefficient (Wildman–Crippen LogP) is 3.52. The fraction of sp³-hybridized carbons (Fsp3) is 0.300. The van der Waals surface area contributed by atoms with Gasteiger partial charge in [0.1, 0.15) is 5.84 Å². The van der Waals surface area contributed by atoms with E-state index in [1.54, 1.807) is 42.5 Å². The molecule has 7 nitrogen and oxygen atoms in total. The van der Waals surface area contributed by atoms with Gasteiger partial charge in [0.25, 0.3) is 0 Å². The average Bonchev–Trinajstić information content (AvgIpc) is 2.67. The Balaban J connectivity index is 0.00000392. The fourth-order valence-electron chi connectivity index (χ4n) is 2.56. The molecule has 0 aromatic heterocycles. The fourth-order valence-corrected chi connectivity index (χ4v) is 2.56. The van der Waals surface area contributed by atoms with E-state index in [2.05, 4.69) is 5.32 Å². The second-order valence-corrected chi connectivity index (χ2v) is 5.66. The molecule has 0 aliphatic heterocycles. The Labute approximate surface area is 171 Å². The van der Waals surface area contributed by atoms with Crippen LogP contribution in [0.4, 0.5) is 5.69 Å². The molecule has 0 radical (unpaired) electrons. The Morgan fingerprint density at radius 1 is 1.07 bits per heavy atom. The molecule has 0 saturated carbocycles. The van der Waals surface area contributed by atoms with Gasteiger partial charge in [-0.2, -0.15) is 0 Å². The van der Waals surface area contributed by atoms with Crippen molar-refractivity contribution in [3.63, 3.8) is 0 Å². The molecule has 2 rings (SSSR count). The Hall–Kier alpha value is -2.93. The summed E-state index contributed by atoms with van der Waals surface area (Å²) in [5, 5.41) is 10.6. The van der Waals surface area contributed by atoms with Crippen LogP contribution in [-0.4, -0.2) is 32.1 Å². The molecule has 0 aliphatic rings. The molecule has 0 aliphatic carbocycles. The number of amidine groups is 1. The van der Waals surface area contributed by atoms with Crippen LogP contribution in [-0.2, 0) is 9.53 Å². The number of hydrogen-bond acceptors (Lipinski definition) is 6. The zero-order valence-corrected chi connectivity index (χ0v) is 17.0. The second-order valence-electron chi connectivity index (χ2n) is 5.66. The zero-order valence-electron chi connectivity index (χ0n) is 16.2. The number of carbonyl (C=O) groups excluding carboxylic acids is 1.